The minimum Gasteiger partial charge on any atom is -0.206 e. The van der Waals surface area contributed by atoms with E-state index in [4.69, 9.17) is 0 Å². The third-order valence-electron chi connectivity index (χ3n) is 3.00. The summed E-state index contributed by atoms with van der Waals surface area (Å²) in [6, 6.07) is 23.3. The standard InChI is InChI=1S/C18H13F2PS2/c19-15-10-4-6-12-17(15)22-21(14-8-2-1-3-9-14)23-18-13-7-5-11-16(18)20/h1-13H. The lowest BCUT2D eigenvalue weighted by molar-refractivity contribution is 0.602. The van der Waals surface area contributed by atoms with Crippen LogP contribution >= 0.6 is 29.1 Å². The molecular weight excluding hydrogens is 349 g/mol. The molecule has 23 heavy (non-hydrogen) atoms. The quantitative estimate of drug-likeness (QED) is 0.476. The number of hydrogen-bond acceptors (Lipinski definition) is 2. The van der Waals surface area contributed by atoms with Crippen molar-refractivity contribution >= 4 is 34.4 Å². The zero-order valence-electron chi connectivity index (χ0n) is 12.0. The van der Waals surface area contributed by atoms with Gasteiger partial charge in [-0.3, -0.25) is 0 Å². The summed E-state index contributed by atoms with van der Waals surface area (Å²) < 4.78 is 28.0. The largest absolute Gasteiger partial charge is 0.206 e. The van der Waals surface area contributed by atoms with Gasteiger partial charge in [0.05, 0.1) is 6.33 Å². The van der Waals surface area contributed by atoms with Gasteiger partial charge in [-0.25, -0.2) is 8.78 Å². The van der Waals surface area contributed by atoms with Gasteiger partial charge in [0.15, 0.2) is 0 Å². The van der Waals surface area contributed by atoms with Gasteiger partial charge in [-0.05, 0) is 29.6 Å². The maximum atomic E-state index is 14.0. The first-order valence-electron chi connectivity index (χ1n) is 6.94. The molecule has 116 valence electrons. The Bertz CT molecular complexity index is 733. The Balaban J connectivity index is 1.91. The second-order valence-corrected chi connectivity index (χ2v) is 10.9. The van der Waals surface area contributed by atoms with Crippen LogP contribution in [0.5, 0.6) is 0 Å². The Morgan fingerprint density at radius 3 is 1.48 bits per heavy atom. The van der Waals surface area contributed by atoms with Crippen LogP contribution < -0.4 is 5.30 Å². The number of rotatable bonds is 5. The maximum absolute atomic E-state index is 14.0. The van der Waals surface area contributed by atoms with Gasteiger partial charge in [-0.2, -0.15) is 0 Å². The van der Waals surface area contributed by atoms with Gasteiger partial charge in [0.2, 0.25) is 0 Å². The van der Waals surface area contributed by atoms with Gasteiger partial charge in [-0.1, -0.05) is 77.4 Å². The van der Waals surface area contributed by atoms with E-state index in [-0.39, 0.29) is 11.6 Å². The number of benzene rings is 3. The first-order valence-corrected chi connectivity index (χ1v) is 11.1. The van der Waals surface area contributed by atoms with E-state index in [1.807, 2.05) is 42.5 Å². The minimum absolute atomic E-state index is 0.241. The fourth-order valence-electron chi connectivity index (χ4n) is 1.89. The molecular formula is C18H13F2PS2. The lowest BCUT2D eigenvalue weighted by Crippen LogP contribution is -1.95. The monoisotopic (exact) mass is 362 g/mol. The lowest BCUT2D eigenvalue weighted by atomic mass is 10.4. The minimum atomic E-state index is -0.887. The van der Waals surface area contributed by atoms with Crippen LogP contribution in [-0.2, 0) is 0 Å². The van der Waals surface area contributed by atoms with E-state index in [2.05, 4.69) is 0 Å². The molecule has 0 nitrogen and oxygen atoms in total. The molecule has 0 aliphatic heterocycles. The summed E-state index contributed by atoms with van der Waals surface area (Å²) in [7, 11) is 0. The molecule has 0 aliphatic carbocycles. The molecule has 5 heteroatoms. The van der Waals surface area contributed by atoms with E-state index in [0.717, 1.165) is 5.30 Å². The second kappa shape index (κ2) is 7.96. The van der Waals surface area contributed by atoms with Crippen LogP contribution in [0, 0.1) is 11.6 Å². The molecule has 0 radical (unpaired) electrons. The first-order chi connectivity index (χ1) is 11.2. The molecule has 0 spiro atoms. The van der Waals surface area contributed by atoms with E-state index < -0.39 is 6.33 Å². The van der Waals surface area contributed by atoms with Crippen molar-refractivity contribution in [2.75, 3.05) is 0 Å². The molecule has 3 rings (SSSR count). The predicted molar refractivity (Wildman–Crippen MR) is 97.5 cm³/mol. The van der Waals surface area contributed by atoms with E-state index in [1.165, 1.54) is 34.9 Å². The van der Waals surface area contributed by atoms with Crippen molar-refractivity contribution in [1.29, 1.82) is 0 Å². The Morgan fingerprint density at radius 2 is 1.00 bits per heavy atom. The fourth-order valence-corrected chi connectivity index (χ4v) is 8.72. The number of halogens is 2. The zero-order chi connectivity index (χ0) is 16.1. The first kappa shape index (κ1) is 16.5. The molecule has 0 heterocycles. The average Bonchev–Trinajstić information content (AvgIpc) is 2.59. The third-order valence-corrected chi connectivity index (χ3v) is 9.89. The highest BCUT2D eigenvalue weighted by molar-refractivity contribution is 8.90. The maximum Gasteiger partial charge on any atom is 0.137 e. The van der Waals surface area contributed by atoms with E-state index >= 15 is 0 Å². The van der Waals surface area contributed by atoms with Crippen molar-refractivity contribution in [1.82, 2.24) is 0 Å². The van der Waals surface area contributed by atoms with Crippen molar-refractivity contribution < 1.29 is 8.78 Å². The lowest BCUT2D eigenvalue weighted by Gasteiger charge is -2.17. The molecule has 0 aliphatic rings. The van der Waals surface area contributed by atoms with Crippen molar-refractivity contribution in [3.05, 3.63) is 90.5 Å². The SMILES string of the molecule is Fc1ccccc1SP(Sc1ccccc1F)c1ccccc1. The van der Waals surface area contributed by atoms with E-state index in [9.17, 15) is 8.78 Å². The molecule has 0 aromatic heterocycles. The molecule has 0 unspecified atom stereocenters. The van der Waals surface area contributed by atoms with E-state index in [1.54, 1.807) is 24.3 Å². The molecule has 0 atom stereocenters. The van der Waals surface area contributed by atoms with E-state index in [0.29, 0.717) is 9.79 Å². The molecule has 0 saturated carbocycles. The van der Waals surface area contributed by atoms with Crippen LogP contribution in [0.25, 0.3) is 0 Å². The smallest absolute Gasteiger partial charge is 0.137 e. The van der Waals surface area contributed by atoms with Gasteiger partial charge < -0.3 is 0 Å². The highest BCUT2D eigenvalue weighted by atomic mass is 33.1. The fraction of sp³-hybridized carbons (Fsp3) is 0. The molecule has 0 bridgehead atoms. The molecule has 0 saturated heterocycles. The summed E-state index contributed by atoms with van der Waals surface area (Å²) >= 11 is 2.92. The van der Waals surface area contributed by atoms with Crippen molar-refractivity contribution in [2.45, 2.75) is 9.79 Å². The van der Waals surface area contributed by atoms with Crippen molar-refractivity contribution in [3.63, 3.8) is 0 Å². The van der Waals surface area contributed by atoms with Gasteiger partial charge in [0.1, 0.15) is 11.6 Å². The Hall–Kier alpha value is -1.35. The summed E-state index contributed by atoms with van der Waals surface area (Å²) in [4.78, 5) is 1.18. The molecule has 3 aromatic carbocycles. The Kier molecular flexibility index (Phi) is 5.71. The van der Waals surface area contributed by atoms with Gasteiger partial charge in [0, 0.05) is 9.79 Å². The van der Waals surface area contributed by atoms with Crippen LogP contribution in [0.2, 0.25) is 0 Å². The van der Waals surface area contributed by atoms with Gasteiger partial charge >= 0.3 is 0 Å². The predicted octanol–water partition coefficient (Wildman–Crippen LogP) is 6.49. The Morgan fingerprint density at radius 1 is 0.565 bits per heavy atom. The van der Waals surface area contributed by atoms with Crippen LogP contribution in [0.1, 0.15) is 0 Å². The molecule has 0 fully saturated rings. The van der Waals surface area contributed by atoms with Gasteiger partial charge in [-0.15, -0.1) is 0 Å². The van der Waals surface area contributed by atoms with Crippen LogP contribution in [-0.4, -0.2) is 0 Å². The average molecular weight is 362 g/mol. The molecule has 0 N–H and O–H groups in total. The Labute approximate surface area is 143 Å². The summed E-state index contributed by atoms with van der Waals surface area (Å²) in [5.41, 5.74) is 0. The molecule has 0 amide bonds. The summed E-state index contributed by atoms with van der Waals surface area (Å²) in [6.45, 7) is 0. The van der Waals surface area contributed by atoms with Gasteiger partial charge in [0.25, 0.3) is 0 Å². The zero-order valence-corrected chi connectivity index (χ0v) is 14.6. The highest BCUT2D eigenvalue weighted by Crippen LogP contribution is 2.65. The normalized spacial score (nSPS) is 10.9. The van der Waals surface area contributed by atoms with Crippen LogP contribution in [0.3, 0.4) is 0 Å². The third kappa shape index (κ3) is 4.35. The topological polar surface area (TPSA) is 0 Å². The molecule has 3 aromatic rings. The van der Waals surface area contributed by atoms with Crippen LogP contribution in [0.4, 0.5) is 8.78 Å². The summed E-state index contributed by atoms with van der Waals surface area (Å²) in [6.07, 6.45) is -0.887. The van der Waals surface area contributed by atoms with Crippen LogP contribution in [0.15, 0.2) is 88.7 Å². The summed E-state index contributed by atoms with van der Waals surface area (Å²) in [5, 5.41) is 1.09. The second-order valence-electron chi connectivity index (χ2n) is 4.64. The number of hydrogen-bond donors (Lipinski definition) is 0. The highest BCUT2D eigenvalue weighted by Gasteiger charge is 2.18. The van der Waals surface area contributed by atoms with Crippen molar-refractivity contribution in [3.8, 4) is 0 Å². The summed E-state index contributed by atoms with van der Waals surface area (Å²) in [5.74, 6) is -0.481. The van der Waals surface area contributed by atoms with Crippen molar-refractivity contribution in [2.24, 2.45) is 0 Å².